The number of hydrogen-bond acceptors (Lipinski definition) is 5. The maximum atomic E-state index is 13.1. The minimum Gasteiger partial charge on any atom is -0.381 e. The van der Waals surface area contributed by atoms with Crippen LogP contribution in [0.15, 0.2) is 5.38 Å². The van der Waals surface area contributed by atoms with E-state index in [1.54, 1.807) is 11.3 Å². The van der Waals surface area contributed by atoms with Gasteiger partial charge in [0.05, 0.1) is 35.7 Å². The third-order valence-corrected chi connectivity index (χ3v) is 6.69. The first kappa shape index (κ1) is 19.3. The van der Waals surface area contributed by atoms with Crippen molar-refractivity contribution < 1.29 is 14.3 Å². The molecule has 26 heavy (non-hydrogen) atoms. The predicted octanol–water partition coefficient (Wildman–Crippen LogP) is 2.65. The average Bonchev–Trinajstić information content (AvgIpc) is 3.32. The van der Waals surface area contributed by atoms with Gasteiger partial charge in [-0.3, -0.25) is 9.59 Å². The molecule has 1 N–H and O–H groups in total. The van der Waals surface area contributed by atoms with Crippen LogP contribution in [0.3, 0.4) is 0 Å². The van der Waals surface area contributed by atoms with Crippen LogP contribution in [0, 0.1) is 12.3 Å². The highest BCUT2D eigenvalue weighted by Crippen LogP contribution is 2.52. The van der Waals surface area contributed by atoms with Crippen molar-refractivity contribution in [2.75, 3.05) is 13.2 Å². The van der Waals surface area contributed by atoms with E-state index >= 15 is 0 Å². The minimum atomic E-state index is -0.463. The van der Waals surface area contributed by atoms with E-state index in [9.17, 15) is 9.59 Å². The number of thiazole rings is 1. The Morgan fingerprint density at radius 1 is 1.42 bits per heavy atom. The molecule has 1 aromatic rings. The fraction of sp³-hybridized carbons (Fsp3) is 0.737. The normalized spacial score (nSPS) is 27.1. The van der Waals surface area contributed by atoms with E-state index in [1.807, 2.05) is 24.1 Å². The van der Waals surface area contributed by atoms with E-state index in [4.69, 9.17) is 4.74 Å². The van der Waals surface area contributed by atoms with Crippen molar-refractivity contribution in [3.63, 3.8) is 0 Å². The number of carbonyl (C=O) groups excluding carboxylic acids is 2. The molecular formula is C19H29N3O3S. The lowest BCUT2D eigenvalue weighted by molar-refractivity contribution is -0.137. The summed E-state index contributed by atoms with van der Waals surface area (Å²) in [6.07, 6.45) is 3.86. The second kappa shape index (κ2) is 8.05. The molecule has 7 heteroatoms. The van der Waals surface area contributed by atoms with Gasteiger partial charge >= 0.3 is 0 Å². The first-order valence-corrected chi connectivity index (χ1v) is 10.5. The molecule has 6 nitrogen and oxygen atoms in total. The van der Waals surface area contributed by atoms with Gasteiger partial charge in [0.25, 0.3) is 0 Å². The van der Waals surface area contributed by atoms with Crippen LogP contribution in [0.2, 0.25) is 0 Å². The van der Waals surface area contributed by atoms with Crippen molar-refractivity contribution in [2.24, 2.45) is 5.41 Å². The molecule has 0 aromatic carbocycles. The standard InChI is InChI=1S/C19H29N3O3S/c1-4-19(18(24)20-11-14-12-26-13(3)21-14)10-15-6-7-16(19)22(15)17(23)8-9-25-5-2/h12,15-16H,4-11H2,1-3H3,(H,20,24)/t15-,16+,19+/m0/s1. The zero-order valence-corrected chi connectivity index (χ0v) is 16.7. The van der Waals surface area contributed by atoms with Crippen molar-refractivity contribution in [3.8, 4) is 0 Å². The molecule has 1 aromatic heterocycles. The Balaban J connectivity index is 1.67. The molecule has 0 aliphatic carbocycles. The Kier molecular flexibility index (Phi) is 5.97. The number of aromatic nitrogens is 1. The van der Waals surface area contributed by atoms with Gasteiger partial charge in [-0.1, -0.05) is 6.92 Å². The Morgan fingerprint density at radius 2 is 2.23 bits per heavy atom. The van der Waals surface area contributed by atoms with E-state index in [0.29, 0.717) is 26.2 Å². The number of nitrogens with zero attached hydrogens (tertiary/aromatic N) is 2. The summed E-state index contributed by atoms with van der Waals surface area (Å²) in [6, 6.07) is 0.213. The molecule has 2 fully saturated rings. The summed E-state index contributed by atoms with van der Waals surface area (Å²) in [5.41, 5.74) is 0.440. The molecule has 2 aliphatic rings. The summed E-state index contributed by atoms with van der Waals surface area (Å²) in [4.78, 5) is 32.2. The lowest BCUT2D eigenvalue weighted by atomic mass is 9.71. The zero-order chi connectivity index (χ0) is 18.7. The first-order valence-electron chi connectivity index (χ1n) is 9.60. The zero-order valence-electron chi connectivity index (χ0n) is 15.9. The van der Waals surface area contributed by atoms with E-state index in [0.717, 1.165) is 36.4 Å². The Morgan fingerprint density at radius 3 is 2.88 bits per heavy atom. The molecule has 3 heterocycles. The number of ether oxygens (including phenoxy) is 1. The van der Waals surface area contributed by atoms with Crippen molar-refractivity contribution in [3.05, 3.63) is 16.1 Å². The highest BCUT2D eigenvalue weighted by Gasteiger charge is 2.59. The van der Waals surface area contributed by atoms with Crippen molar-refractivity contribution in [2.45, 2.75) is 71.5 Å². The summed E-state index contributed by atoms with van der Waals surface area (Å²) in [5.74, 6) is 0.199. The molecule has 144 valence electrons. The van der Waals surface area contributed by atoms with Crippen molar-refractivity contribution in [1.29, 1.82) is 0 Å². The Hall–Kier alpha value is -1.47. The SMILES string of the molecule is CCOCCC(=O)N1[C@H]2CC[C@@H]1[C@](CC)(C(=O)NCc1csc(C)n1)C2. The summed E-state index contributed by atoms with van der Waals surface area (Å²) in [5, 5.41) is 6.07. The lowest BCUT2D eigenvalue weighted by Gasteiger charge is -2.35. The third-order valence-electron chi connectivity index (χ3n) is 5.87. The Labute approximate surface area is 159 Å². The molecule has 0 spiro atoms. The Bertz CT molecular complexity index is 662. The number of aryl methyl sites for hydroxylation is 1. The van der Waals surface area contributed by atoms with Crippen LogP contribution >= 0.6 is 11.3 Å². The van der Waals surface area contributed by atoms with Crippen LogP contribution in [-0.2, 0) is 20.9 Å². The lowest BCUT2D eigenvalue weighted by Crippen LogP contribution is -2.49. The maximum Gasteiger partial charge on any atom is 0.228 e. The van der Waals surface area contributed by atoms with Crippen molar-refractivity contribution in [1.82, 2.24) is 15.2 Å². The fourth-order valence-electron chi connectivity index (χ4n) is 4.61. The molecule has 3 atom stereocenters. The smallest absolute Gasteiger partial charge is 0.228 e. The van der Waals surface area contributed by atoms with Gasteiger partial charge in [0.1, 0.15) is 0 Å². The van der Waals surface area contributed by atoms with Crippen LogP contribution in [0.4, 0.5) is 0 Å². The second-order valence-electron chi connectivity index (χ2n) is 7.25. The van der Waals surface area contributed by atoms with Crippen LogP contribution in [0.5, 0.6) is 0 Å². The molecule has 2 bridgehead atoms. The largest absolute Gasteiger partial charge is 0.381 e. The number of amides is 2. The van der Waals surface area contributed by atoms with Gasteiger partial charge in [0.15, 0.2) is 0 Å². The van der Waals surface area contributed by atoms with Crippen LogP contribution < -0.4 is 5.32 Å². The molecule has 2 aliphatic heterocycles. The number of rotatable bonds is 8. The van der Waals surface area contributed by atoms with Gasteiger partial charge in [0.2, 0.25) is 11.8 Å². The van der Waals surface area contributed by atoms with Crippen LogP contribution in [-0.4, -0.2) is 47.0 Å². The summed E-state index contributed by atoms with van der Waals surface area (Å²) < 4.78 is 5.34. The maximum absolute atomic E-state index is 13.1. The van der Waals surface area contributed by atoms with E-state index in [-0.39, 0.29) is 23.9 Å². The molecule has 2 amide bonds. The number of nitrogens with one attached hydrogen (secondary N) is 1. The van der Waals surface area contributed by atoms with E-state index < -0.39 is 5.41 Å². The molecule has 0 radical (unpaired) electrons. The monoisotopic (exact) mass is 379 g/mol. The fourth-order valence-corrected chi connectivity index (χ4v) is 5.23. The minimum absolute atomic E-state index is 0.0174. The molecule has 2 saturated heterocycles. The van der Waals surface area contributed by atoms with Gasteiger partial charge in [-0.25, -0.2) is 4.98 Å². The van der Waals surface area contributed by atoms with E-state index in [2.05, 4.69) is 17.2 Å². The number of hydrogen-bond donors (Lipinski definition) is 1. The van der Waals surface area contributed by atoms with Gasteiger partial charge in [-0.15, -0.1) is 11.3 Å². The van der Waals surface area contributed by atoms with Gasteiger partial charge in [0, 0.05) is 24.1 Å². The highest BCUT2D eigenvalue weighted by molar-refractivity contribution is 7.09. The quantitative estimate of drug-likeness (QED) is 0.705. The highest BCUT2D eigenvalue weighted by atomic mass is 32.1. The molecule has 0 unspecified atom stereocenters. The first-order chi connectivity index (χ1) is 12.5. The molecular weight excluding hydrogens is 350 g/mol. The topological polar surface area (TPSA) is 71.5 Å². The van der Waals surface area contributed by atoms with Gasteiger partial charge < -0.3 is 15.0 Å². The van der Waals surface area contributed by atoms with Crippen LogP contribution in [0.25, 0.3) is 0 Å². The molecule has 0 saturated carbocycles. The predicted molar refractivity (Wildman–Crippen MR) is 101 cm³/mol. The number of carbonyl (C=O) groups is 2. The third kappa shape index (κ3) is 3.51. The second-order valence-corrected chi connectivity index (χ2v) is 8.31. The average molecular weight is 380 g/mol. The summed E-state index contributed by atoms with van der Waals surface area (Å²) in [7, 11) is 0. The molecule has 3 rings (SSSR count). The van der Waals surface area contributed by atoms with Gasteiger partial charge in [-0.2, -0.15) is 0 Å². The summed E-state index contributed by atoms with van der Waals surface area (Å²) in [6.45, 7) is 7.50. The van der Waals surface area contributed by atoms with Crippen LogP contribution in [0.1, 0.15) is 56.7 Å². The summed E-state index contributed by atoms with van der Waals surface area (Å²) >= 11 is 1.59. The van der Waals surface area contributed by atoms with Crippen molar-refractivity contribution >= 4 is 23.2 Å². The van der Waals surface area contributed by atoms with Gasteiger partial charge in [-0.05, 0) is 39.5 Å². The van der Waals surface area contributed by atoms with E-state index in [1.165, 1.54) is 0 Å². The number of fused-ring (bicyclic) bond motifs is 2.